The van der Waals surface area contributed by atoms with Gasteiger partial charge >= 0.3 is 0 Å². The largest absolute Gasteiger partial charge is 0.344 e. The summed E-state index contributed by atoms with van der Waals surface area (Å²) in [6.07, 6.45) is -0.241. The van der Waals surface area contributed by atoms with E-state index in [1.807, 2.05) is 50.2 Å². The van der Waals surface area contributed by atoms with Gasteiger partial charge in [-0.25, -0.2) is 9.98 Å². The Morgan fingerprint density at radius 1 is 0.442 bits per heavy atom. The average molecular weight is 672 g/mol. The van der Waals surface area contributed by atoms with Crippen molar-refractivity contribution in [3.8, 4) is 11.4 Å². The van der Waals surface area contributed by atoms with Gasteiger partial charge in [-0.05, 0) is 66.2 Å². The Bertz CT molecular complexity index is 2760. The SMILES string of the molecule is CC.c1ccc(C2=NC(c3ccc(-n4c5ccccc5c5cc6c7ccccc7n(-c7ccccc7)c6cc54)cc3)=NC(c3ccccc3)N2)cc1. The third-order valence-electron chi connectivity index (χ3n) is 9.77. The normalized spacial score (nSPS) is 14.2. The number of hydrogen-bond acceptors (Lipinski definition) is 3. The van der Waals surface area contributed by atoms with Crippen LogP contribution in [0.4, 0.5) is 0 Å². The highest BCUT2D eigenvalue weighted by molar-refractivity contribution is 6.19. The third-order valence-corrected chi connectivity index (χ3v) is 9.77. The van der Waals surface area contributed by atoms with Gasteiger partial charge < -0.3 is 14.5 Å². The van der Waals surface area contributed by atoms with Gasteiger partial charge in [0.15, 0.2) is 5.84 Å². The van der Waals surface area contributed by atoms with Crippen LogP contribution in [0.25, 0.3) is 55.0 Å². The highest BCUT2D eigenvalue weighted by atomic mass is 15.2. The van der Waals surface area contributed by atoms with Crippen LogP contribution in [-0.2, 0) is 0 Å². The molecule has 250 valence electrons. The summed E-state index contributed by atoms with van der Waals surface area (Å²) in [5.74, 6) is 1.52. The van der Waals surface area contributed by atoms with Crippen molar-refractivity contribution in [3.05, 3.63) is 193 Å². The van der Waals surface area contributed by atoms with Gasteiger partial charge in [-0.3, -0.25) is 0 Å². The van der Waals surface area contributed by atoms with Crippen LogP contribution in [-0.4, -0.2) is 20.8 Å². The van der Waals surface area contributed by atoms with Gasteiger partial charge in [0, 0.05) is 44.0 Å². The summed E-state index contributed by atoms with van der Waals surface area (Å²) in [5, 5.41) is 8.52. The Kier molecular flexibility index (Phi) is 7.94. The minimum Gasteiger partial charge on any atom is -0.344 e. The van der Waals surface area contributed by atoms with E-state index in [4.69, 9.17) is 9.98 Å². The summed E-state index contributed by atoms with van der Waals surface area (Å²) in [6.45, 7) is 4.00. The zero-order valence-corrected chi connectivity index (χ0v) is 29.1. The minimum atomic E-state index is -0.241. The van der Waals surface area contributed by atoms with Gasteiger partial charge in [0.1, 0.15) is 12.0 Å². The van der Waals surface area contributed by atoms with Gasteiger partial charge in [0.25, 0.3) is 0 Å². The summed E-state index contributed by atoms with van der Waals surface area (Å²) in [4.78, 5) is 10.1. The Balaban J connectivity index is 0.00000177. The maximum absolute atomic E-state index is 5.09. The number of benzene rings is 7. The molecule has 9 aromatic rings. The van der Waals surface area contributed by atoms with E-state index in [0.717, 1.165) is 33.9 Å². The first-order valence-electron chi connectivity index (χ1n) is 18.0. The Labute approximate surface area is 302 Å². The van der Waals surface area contributed by atoms with Crippen molar-refractivity contribution in [2.45, 2.75) is 20.0 Å². The van der Waals surface area contributed by atoms with E-state index in [2.05, 4.69) is 154 Å². The summed E-state index contributed by atoms with van der Waals surface area (Å²) in [7, 11) is 0. The second-order valence-corrected chi connectivity index (χ2v) is 12.7. The minimum absolute atomic E-state index is 0.241. The second-order valence-electron chi connectivity index (χ2n) is 12.7. The van der Waals surface area contributed by atoms with Crippen LogP contribution < -0.4 is 5.32 Å². The number of amidine groups is 2. The highest BCUT2D eigenvalue weighted by Gasteiger charge is 2.22. The maximum atomic E-state index is 5.09. The Morgan fingerprint density at radius 2 is 0.942 bits per heavy atom. The summed E-state index contributed by atoms with van der Waals surface area (Å²) >= 11 is 0. The fraction of sp³-hybridized carbons (Fsp3) is 0.0638. The molecule has 2 aromatic heterocycles. The van der Waals surface area contributed by atoms with Gasteiger partial charge in [0.2, 0.25) is 0 Å². The molecule has 10 rings (SSSR count). The lowest BCUT2D eigenvalue weighted by Gasteiger charge is -2.23. The Morgan fingerprint density at radius 3 is 1.54 bits per heavy atom. The predicted octanol–water partition coefficient (Wildman–Crippen LogP) is 11.4. The molecule has 0 saturated heterocycles. The standard InChI is InChI=1S/C45H31N5.C2H6/c1-4-14-30(15-5-1)43-46-44(31-16-6-2-7-17-31)48-45(47-43)32-24-26-34(27-25-32)50-40-23-13-11-21-36(40)38-28-37-35-20-10-12-22-39(35)49(41(37)29-42(38)50)33-18-8-3-9-19-33;1-2/h1-29,43H,(H,46,47,48);1-2H3. The molecule has 0 bridgehead atoms. The number of nitrogens with zero attached hydrogens (tertiary/aromatic N) is 4. The van der Waals surface area contributed by atoms with E-state index in [0.29, 0.717) is 5.84 Å². The van der Waals surface area contributed by atoms with Gasteiger partial charge in [0.05, 0.1) is 22.1 Å². The molecule has 0 aliphatic carbocycles. The lowest BCUT2D eigenvalue weighted by molar-refractivity contribution is 0.674. The maximum Gasteiger partial charge on any atom is 0.159 e. The predicted molar refractivity (Wildman–Crippen MR) is 218 cm³/mol. The van der Waals surface area contributed by atoms with Gasteiger partial charge in [-0.15, -0.1) is 0 Å². The van der Waals surface area contributed by atoms with E-state index in [9.17, 15) is 0 Å². The summed E-state index contributed by atoms with van der Waals surface area (Å²) < 4.78 is 4.77. The number of para-hydroxylation sites is 3. The number of nitrogens with one attached hydrogen (secondary N) is 1. The molecule has 0 saturated carbocycles. The summed E-state index contributed by atoms with van der Waals surface area (Å²) in [6, 6.07) is 62.1. The van der Waals surface area contributed by atoms with Crippen molar-refractivity contribution in [1.82, 2.24) is 14.5 Å². The topological polar surface area (TPSA) is 46.6 Å². The average Bonchev–Trinajstić information content (AvgIpc) is 3.73. The van der Waals surface area contributed by atoms with Crippen LogP contribution in [0.3, 0.4) is 0 Å². The van der Waals surface area contributed by atoms with E-state index < -0.39 is 0 Å². The first kappa shape index (κ1) is 31.3. The Hall–Kier alpha value is -6.72. The lowest BCUT2D eigenvalue weighted by atomic mass is 10.1. The fourth-order valence-electron chi connectivity index (χ4n) is 7.45. The van der Waals surface area contributed by atoms with Crippen molar-refractivity contribution < 1.29 is 0 Å². The number of aliphatic imine (C=N–C) groups is 2. The van der Waals surface area contributed by atoms with Crippen molar-refractivity contribution in [3.63, 3.8) is 0 Å². The van der Waals surface area contributed by atoms with Crippen LogP contribution in [0.1, 0.15) is 36.7 Å². The van der Waals surface area contributed by atoms with E-state index >= 15 is 0 Å². The van der Waals surface area contributed by atoms with E-state index in [1.54, 1.807) is 0 Å². The molecule has 5 nitrogen and oxygen atoms in total. The first-order valence-corrected chi connectivity index (χ1v) is 18.0. The van der Waals surface area contributed by atoms with E-state index in [-0.39, 0.29) is 6.17 Å². The van der Waals surface area contributed by atoms with Crippen LogP contribution >= 0.6 is 0 Å². The van der Waals surface area contributed by atoms with Gasteiger partial charge in [-0.2, -0.15) is 0 Å². The zero-order valence-electron chi connectivity index (χ0n) is 29.1. The van der Waals surface area contributed by atoms with Crippen LogP contribution in [0.2, 0.25) is 0 Å². The highest BCUT2D eigenvalue weighted by Crippen LogP contribution is 2.39. The lowest BCUT2D eigenvalue weighted by Crippen LogP contribution is -2.33. The molecule has 3 heterocycles. The molecule has 0 fully saturated rings. The monoisotopic (exact) mass is 671 g/mol. The molecule has 5 heteroatoms. The van der Waals surface area contributed by atoms with E-state index in [1.165, 1.54) is 43.6 Å². The van der Waals surface area contributed by atoms with Crippen molar-refractivity contribution in [2.75, 3.05) is 0 Å². The fourth-order valence-corrected chi connectivity index (χ4v) is 7.45. The number of rotatable bonds is 5. The van der Waals surface area contributed by atoms with Crippen molar-refractivity contribution in [1.29, 1.82) is 0 Å². The third kappa shape index (κ3) is 5.26. The number of fused-ring (bicyclic) bond motifs is 6. The second kappa shape index (κ2) is 13.2. The number of hydrogen-bond donors (Lipinski definition) is 1. The zero-order chi connectivity index (χ0) is 35.0. The van der Waals surface area contributed by atoms with Crippen molar-refractivity contribution in [2.24, 2.45) is 9.98 Å². The molecule has 1 unspecified atom stereocenters. The summed E-state index contributed by atoms with van der Waals surface area (Å²) in [5.41, 5.74) is 10.1. The quantitative estimate of drug-likeness (QED) is 0.194. The smallest absolute Gasteiger partial charge is 0.159 e. The molecule has 52 heavy (non-hydrogen) atoms. The molecule has 1 aliphatic rings. The number of aromatic nitrogens is 2. The van der Waals surface area contributed by atoms with Crippen LogP contribution in [0.15, 0.2) is 186 Å². The van der Waals surface area contributed by atoms with Crippen LogP contribution in [0, 0.1) is 0 Å². The molecule has 1 atom stereocenters. The molecule has 0 radical (unpaired) electrons. The molecular weight excluding hydrogens is 635 g/mol. The molecular formula is C47H37N5. The molecule has 1 aliphatic heterocycles. The molecule has 7 aromatic carbocycles. The van der Waals surface area contributed by atoms with Crippen LogP contribution in [0.5, 0.6) is 0 Å². The van der Waals surface area contributed by atoms with Gasteiger partial charge in [-0.1, -0.05) is 129 Å². The first-order chi connectivity index (χ1) is 25.8. The molecule has 0 amide bonds. The molecule has 0 spiro atoms. The van der Waals surface area contributed by atoms with Crippen molar-refractivity contribution >= 4 is 55.3 Å². The molecule has 1 N–H and O–H groups in total.